The third-order valence-electron chi connectivity index (χ3n) is 4.64. The van der Waals surface area contributed by atoms with Crippen molar-refractivity contribution in [2.45, 2.75) is 13.5 Å². The molecular formula is C23H18N2O5. The van der Waals surface area contributed by atoms with E-state index < -0.39 is 6.09 Å². The fraction of sp³-hybridized carbons (Fsp3) is 0.0870. The Hall–Kier alpha value is -4.13. The number of hydrogen-bond acceptors (Lipinski definition) is 5. The summed E-state index contributed by atoms with van der Waals surface area (Å²) in [6.07, 6.45) is 1.42. The van der Waals surface area contributed by atoms with Crippen LogP contribution in [0.1, 0.15) is 27.2 Å². The molecule has 2 heterocycles. The van der Waals surface area contributed by atoms with Gasteiger partial charge in [-0.1, -0.05) is 35.5 Å². The zero-order valence-electron chi connectivity index (χ0n) is 16.1. The van der Waals surface area contributed by atoms with Crippen LogP contribution in [0.5, 0.6) is 5.75 Å². The van der Waals surface area contributed by atoms with Crippen LogP contribution in [0.3, 0.4) is 0 Å². The fourth-order valence-corrected chi connectivity index (χ4v) is 3.08. The quantitative estimate of drug-likeness (QED) is 0.466. The summed E-state index contributed by atoms with van der Waals surface area (Å²) in [6, 6.07) is 18.5. The fourth-order valence-electron chi connectivity index (χ4n) is 3.08. The van der Waals surface area contributed by atoms with Gasteiger partial charge in [-0.15, -0.1) is 0 Å². The van der Waals surface area contributed by atoms with Crippen molar-refractivity contribution in [1.29, 1.82) is 0 Å². The summed E-state index contributed by atoms with van der Waals surface area (Å²) < 4.78 is 12.0. The molecule has 7 heteroatoms. The van der Waals surface area contributed by atoms with Crippen molar-refractivity contribution in [2.75, 3.05) is 0 Å². The van der Waals surface area contributed by atoms with Gasteiger partial charge in [0.25, 0.3) is 0 Å². The molecular weight excluding hydrogens is 384 g/mol. The molecule has 0 saturated carbocycles. The monoisotopic (exact) mass is 402 g/mol. The van der Waals surface area contributed by atoms with Gasteiger partial charge in [-0.3, -0.25) is 9.36 Å². The lowest BCUT2D eigenvalue weighted by atomic mass is 10.00. The van der Waals surface area contributed by atoms with Crippen molar-refractivity contribution in [3.63, 3.8) is 0 Å². The molecule has 0 atom stereocenters. The summed E-state index contributed by atoms with van der Waals surface area (Å²) in [7, 11) is 0. The highest BCUT2D eigenvalue weighted by atomic mass is 16.5. The second-order valence-corrected chi connectivity index (χ2v) is 6.68. The Labute approximate surface area is 172 Å². The Morgan fingerprint density at radius 2 is 1.80 bits per heavy atom. The summed E-state index contributed by atoms with van der Waals surface area (Å²) >= 11 is 0. The Balaban J connectivity index is 1.56. The molecule has 0 aliphatic carbocycles. The normalized spacial score (nSPS) is 10.7. The van der Waals surface area contributed by atoms with Gasteiger partial charge in [-0.2, -0.15) is 0 Å². The van der Waals surface area contributed by atoms with Crippen LogP contribution < -0.4 is 4.74 Å². The number of rotatable bonds is 6. The zero-order valence-corrected chi connectivity index (χ0v) is 16.1. The molecule has 0 saturated heterocycles. The number of carboxylic acid groups (broad SMARTS) is 1. The molecule has 0 aliphatic rings. The van der Waals surface area contributed by atoms with Crippen molar-refractivity contribution in [3.8, 4) is 17.0 Å². The van der Waals surface area contributed by atoms with E-state index in [2.05, 4.69) is 5.16 Å². The Morgan fingerprint density at radius 1 is 1.07 bits per heavy atom. The highest BCUT2D eigenvalue weighted by Gasteiger charge is 2.24. The van der Waals surface area contributed by atoms with E-state index in [4.69, 9.17) is 14.4 Å². The van der Waals surface area contributed by atoms with Crippen LogP contribution in [-0.4, -0.2) is 26.7 Å². The van der Waals surface area contributed by atoms with E-state index in [1.54, 1.807) is 31.2 Å². The molecule has 0 spiro atoms. The molecule has 0 aliphatic heterocycles. The number of benzene rings is 2. The third kappa shape index (κ3) is 3.86. The molecule has 0 fully saturated rings. The first-order valence-electron chi connectivity index (χ1n) is 9.22. The first kappa shape index (κ1) is 19.2. The lowest BCUT2D eigenvalue weighted by Gasteiger charge is -2.07. The van der Waals surface area contributed by atoms with Gasteiger partial charge in [-0.25, -0.2) is 4.79 Å². The predicted octanol–water partition coefficient (Wildman–Crippen LogP) is 4.79. The summed E-state index contributed by atoms with van der Waals surface area (Å²) in [5.41, 5.74) is 2.70. The molecule has 150 valence electrons. The molecule has 0 unspecified atom stereocenters. The summed E-state index contributed by atoms with van der Waals surface area (Å²) in [6.45, 7) is 2.10. The molecule has 2 aromatic carbocycles. The van der Waals surface area contributed by atoms with Gasteiger partial charge in [0.1, 0.15) is 23.8 Å². The molecule has 0 bridgehead atoms. The number of carbonyl (C=O) groups is 2. The van der Waals surface area contributed by atoms with E-state index in [0.29, 0.717) is 34.9 Å². The minimum Gasteiger partial charge on any atom is -0.489 e. The van der Waals surface area contributed by atoms with E-state index in [9.17, 15) is 9.59 Å². The maximum Gasteiger partial charge on any atom is 0.415 e. The number of ketones is 1. The number of aryl methyl sites for hydroxylation is 1. The summed E-state index contributed by atoms with van der Waals surface area (Å²) in [4.78, 5) is 24.0. The molecule has 2 aromatic heterocycles. The van der Waals surface area contributed by atoms with Crippen molar-refractivity contribution >= 4 is 11.9 Å². The highest BCUT2D eigenvalue weighted by molar-refractivity contribution is 6.13. The molecule has 0 amide bonds. The van der Waals surface area contributed by atoms with Gasteiger partial charge in [0.2, 0.25) is 0 Å². The van der Waals surface area contributed by atoms with Crippen LogP contribution in [0, 0.1) is 6.92 Å². The van der Waals surface area contributed by atoms with Crippen LogP contribution in [-0.2, 0) is 6.61 Å². The molecule has 30 heavy (non-hydrogen) atoms. The predicted molar refractivity (Wildman–Crippen MR) is 109 cm³/mol. The van der Waals surface area contributed by atoms with E-state index in [-0.39, 0.29) is 11.3 Å². The summed E-state index contributed by atoms with van der Waals surface area (Å²) in [5, 5.41) is 13.1. The number of hydrogen-bond donors (Lipinski definition) is 1. The van der Waals surface area contributed by atoms with Crippen molar-refractivity contribution < 1.29 is 24.0 Å². The zero-order chi connectivity index (χ0) is 21.1. The molecule has 0 radical (unpaired) electrons. The Bertz CT molecular complexity index is 1190. The SMILES string of the molecule is Cc1onc(-c2ccc(OCc3ccccc3)cc2)c1C(=O)c1ccn(C(=O)O)c1. The first-order valence-corrected chi connectivity index (χ1v) is 9.22. The first-order chi connectivity index (χ1) is 14.5. The number of aromatic nitrogens is 2. The molecule has 4 rings (SSSR count). The minimum absolute atomic E-state index is 0.243. The standard InChI is InChI=1S/C23H18N2O5/c1-15-20(22(26)18-11-12-25(13-18)23(27)28)21(24-30-15)17-7-9-19(10-8-17)29-14-16-5-3-2-4-6-16/h2-13H,14H2,1H3,(H,27,28). The topological polar surface area (TPSA) is 94.6 Å². The third-order valence-corrected chi connectivity index (χ3v) is 4.64. The van der Waals surface area contributed by atoms with Gasteiger partial charge in [-0.05, 0) is 42.8 Å². The smallest absolute Gasteiger partial charge is 0.415 e. The lowest BCUT2D eigenvalue weighted by molar-refractivity contribution is 0.103. The van der Waals surface area contributed by atoms with Gasteiger partial charge < -0.3 is 14.4 Å². The maximum atomic E-state index is 13.0. The van der Waals surface area contributed by atoms with Gasteiger partial charge in [0, 0.05) is 23.5 Å². The maximum absolute atomic E-state index is 13.0. The number of ether oxygens (including phenoxy) is 1. The second-order valence-electron chi connectivity index (χ2n) is 6.68. The van der Waals surface area contributed by atoms with Crippen LogP contribution in [0.25, 0.3) is 11.3 Å². The van der Waals surface area contributed by atoms with Crippen LogP contribution in [0.15, 0.2) is 77.6 Å². The van der Waals surface area contributed by atoms with Crippen molar-refractivity contribution in [2.24, 2.45) is 0 Å². The summed E-state index contributed by atoms with van der Waals surface area (Å²) in [5.74, 6) is 0.699. The van der Waals surface area contributed by atoms with Crippen molar-refractivity contribution in [3.05, 3.63) is 95.5 Å². The van der Waals surface area contributed by atoms with Crippen LogP contribution in [0.2, 0.25) is 0 Å². The number of carbonyl (C=O) groups excluding carboxylic acids is 1. The van der Waals surface area contributed by atoms with Gasteiger partial charge in [0.05, 0.1) is 5.56 Å². The van der Waals surface area contributed by atoms with Gasteiger partial charge in [0.15, 0.2) is 5.78 Å². The average molecular weight is 402 g/mol. The Kier molecular flexibility index (Phi) is 5.17. The largest absolute Gasteiger partial charge is 0.489 e. The lowest BCUT2D eigenvalue weighted by Crippen LogP contribution is -2.06. The Morgan fingerprint density at radius 3 is 2.47 bits per heavy atom. The van der Waals surface area contributed by atoms with E-state index in [1.165, 1.54) is 18.5 Å². The van der Waals surface area contributed by atoms with Crippen LogP contribution >= 0.6 is 0 Å². The van der Waals surface area contributed by atoms with Crippen LogP contribution in [0.4, 0.5) is 4.79 Å². The van der Waals surface area contributed by atoms with E-state index >= 15 is 0 Å². The molecule has 1 N–H and O–H groups in total. The minimum atomic E-state index is -1.16. The molecule has 7 nitrogen and oxygen atoms in total. The van der Waals surface area contributed by atoms with E-state index in [0.717, 1.165) is 10.1 Å². The van der Waals surface area contributed by atoms with E-state index in [1.807, 2.05) is 30.3 Å². The number of nitrogens with zero attached hydrogens (tertiary/aromatic N) is 2. The average Bonchev–Trinajstić information content (AvgIpc) is 3.40. The highest BCUT2D eigenvalue weighted by Crippen LogP contribution is 2.29. The van der Waals surface area contributed by atoms with Gasteiger partial charge >= 0.3 is 6.09 Å². The molecule has 4 aromatic rings. The second kappa shape index (κ2) is 8.08. The van der Waals surface area contributed by atoms with Crippen molar-refractivity contribution in [1.82, 2.24) is 9.72 Å².